The molecule has 0 bridgehead atoms. The number of carbonyl (C=O) groups is 2. The van der Waals surface area contributed by atoms with Crippen molar-refractivity contribution in [1.29, 1.82) is 0 Å². The second-order valence-electron chi connectivity index (χ2n) is 5.70. The first-order chi connectivity index (χ1) is 11.1. The minimum atomic E-state index is -1.26. The quantitative estimate of drug-likeness (QED) is 0.486. The van der Waals surface area contributed by atoms with Crippen LogP contribution >= 0.6 is 0 Å². The van der Waals surface area contributed by atoms with Gasteiger partial charge in [-0.15, -0.1) is 0 Å². The molecule has 0 radical (unpaired) electrons. The maximum absolute atomic E-state index is 11.6. The molecule has 9 nitrogen and oxygen atoms in total. The van der Waals surface area contributed by atoms with Crippen LogP contribution in [0.25, 0.3) is 0 Å². The number of carbonyl (C=O) groups excluding carboxylic acids is 1. The number of nitrogens with one attached hydrogen (secondary N) is 1. The largest absolute Gasteiger partial charge is 0.480 e. The number of pyridine rings is 1. The predicted octanol–water partition coefficient (Wildman–Crippen LogP) is 1.71. The molecule has 0 fully saturated rings. The van der Waals surface area contributed by atoms with Crippen molar-refractivity contribution in [2.75, 3.05) is 0 Å². The molecule has 9 heteroatoms. The van der Waals surface area contributed by atoms with Gasteiger partial charge in [-0.25, -0.2) is 14.6 Å². The molecule has 0 aromatic carbocycles. The Bertz CT molecular complexity index is 682. The van der Waals surface area contributed by atoms with Gasteiger partial charge in [-0.1, -0.05) is 5.92 Å². The molecule has 0 unspecified atom stereocenters. The molecule has 0 aliphatic rings. The van der Waals surface area contributed by atoms with Gasteiger partial charge in [-0.05, 0) is 32.8 Å². The van der Waals surface area contributed by atoms with E-state index in [0.717, 1.165) is 6.20 Å². The summed E-state index contributed by atoms with van der Waals surface area (Å²) in [7, 11) is 0. The number of rotatable bonds is 4. The van der Waals surface area contributed by atoms with E-state index in [1.54, 1.807) is 20.8 Å². The van der Waals surface area contributed by atoms with E-state index in [4.69, 9.17) is 9.84 Å². The molecule has 0 aliphatic heterocycles. The number of aliphatic carboxylic acids is 1. The Morgan fingerprint density at radius 2 is 2.12 bits per heavy atom. The fourth-order valence-corrected chi connectivity index (χ4v) is 1.46. The molecule has 128 valence electrons. The Hall–Kier alpha value is -3.15. The number of alkyl carbamates (subject to hydrolysis) is 1. The summed E-state index contributed by atoms with van der Waals surface area (Å²) in [6.45, 7) is 4.97. The molecule has 1 atom stereocenters. The zero-order valence-electron chi connectivity index (χ0n) is 13.4. The molecule has 1 rings (SSSR count). The third-order valence-corrected chi connectivity index (χ3v) is 2.47. The summed E-state index contributed by atoms with van der Waals surface area (Å²) in [5, 5.41) is 21.8. The number of carboxylic acid groups (broad SMARTS) is 1. The number of ether oxygens (including phenoxy) is 1. The van der Waals surface area contributed by atoms with E-state index < -0.39 is 28.6 Å². The second kappa shape index (κ2) is 7.92. The average molecular weight is 335 g/mol. The third kappa shape index (κ3) is 6.74. The first kappa shape index (κ1) is 18.9. The predicted molar refractivity (Wildman–Crippen MR) is 83.2 cm³/mol. The van der Waals surface area contributed by atoms with Crippen molar-refractivity contribution in [2.24, 2.45) is 0 Å². The Morgan fingerprint density at radius 3 is 2.58 bits per heavy atom. The number of carboxylic acids is 1. The Morgan fingerprint density at radius 1 is 1.46 bits per heavy atom. The maximum Gasteiger partial charge on any atom is 0.408 e. The van der Waals surface area contributed by atoms with Gasteiger partial charge < -0.3 is 15.2 Å². The lowest BCUT2D eigenvalue weighted by Gasteiger charge is -2.21. The van der Waals surface area contributed by atoms with E-state index in [9.17, 15) is 19.7 Å². The third-order valence-electron chi connectivity index (χ3n) is 2.47. The van der Waals surface area contributed by atoms with Gasteiger partial charge in [0, 0.05) is 12.5 Å². The van der Waals surface area contributed by atoms with Gasteiger partial charge in [-0.3, -0.25) is 10.1 Å². The smallest absolute Gasteiger partial charge is 0.408 e. The van der Waals surface area contributed by atoms with Crippen molar-refractivity contribution in [3.63, 3.8) is 0 Å². The number of nitrogens with zero attached hydrogens (tertiary/aromatic N) is 2. The second-order valence-corrected chi connectivity index (χ2v) is 5.70. The topological polar surface area (TPSA) is 132 Å². The summed E-state index contributed by atoms with van der Waals surface area (Å²) in [6.07, 6.45) is 0.0235. The van der Waals surface area contributed by atoms with Crippen molar-refractivity contribution in [3.05, 3.63) is 34.1 Å². The van der Waals surface area contributed by atoms with E-state index in [1.165, 1.54) is 12.1 Å². The lowest BCUT2D eigenvalue weighted by atomic mass is 10.2. The van der Waals surface area contributed by atoms with Crippen molar-refractivity contribution in [2.45, 2.75) is 38.8 Å². The monoisotopic (exact) mass is 335 g/mol. The lowest BCUT2D eigenvalue weighted by Crippen LogP contribution is -2.43. The van der Waals surface area contributed by atoms with E-state index >= 15 is 0 Å². The van der Waals surface area contributed by atoms with Crippen LogP contribution < -0.4 is 5.32 Å². The summed E-state index contributed by atoms with van der Waals surface area (Å²) in [6, 6.07) is 1.35. The number of nitro groups is 1. The number of hydrogen-bond donors (Lipinski definition) is 2. The molecule has 1 aromatic heterocycles. The van der Waals surface area contributed by atoms with Gasteiger partial charge in [0.15, 0.2) is 0 Å². The van der Waals surface area contributed by atoms with Crippen LogP contribution in [0.4, 0.5) is 10.5 Å². The maximum atomic E-state index is 11.6. The van der Waals surface area contributed by atoms with Crippen molar-refractivity contribution in [1.82, 2.24) is 10.3 Å². The minimum absolute atomic E-state index is 0.171. The first-order valence-corrected chi connectivity index (χ1v) is 6.90. The Balaban J connectivity index is 2.69. The minimum Gasteiger partial charge on any atom is -0.480 e. The summed E-state index contributed by atoms with van der Waals surface area (Å²) >= 11 is 0. The fraction of sp³-hybridized carbons (Fsp3) is 0.400. The van der Waals surface area contributed by atoms with Crippen molar-refractivity contribution in [3.8, 4) is 11.8 Å². The van der Waals surface area contributed by atoms with Crippen LogP contribution in [0.15, 0.2) is 18.3 Å². The zero-order chi connectivity index (χ0) is 18.3. The van der Waals surface area contributed by atoms with Gasteiger partial charge in [0.1, 0.15) is 23.5 Å². The highest BCUT2D eigenvalue weighted by atomic mass is 16.6. The highest BCUT2D eigenvalue weighted by Crippen LogP contribution is 2.09. The van der Waals surface area contributed by atoms with Crippen LogP contribution in [0.2, 0.25) is 0 Å². The van der Waals surface area contributed by atoms with Crippen LogP contribution in [0, 0.1) is 22.0 Å². The Labute approximate surface area is 138 Å². The molecule has 0 spiro atoms. The van der Waals surface area contributed by atoms with Crippen molar-refractivity contribution >= 4 is 17.7 Å². The fourth-order valence-electron chi connectivity index (χ4n) is 1.46. The van der Waals surface area contributed by atoms with E-state index in [1.807, 2.05) is 0 Å². The number of aromatic nitrogens is 1. The molecule has 0 saturated heterocycles. The van der Waals surface area contributed by atoms with E-state index in [2.05, 4.69) is 22.1 Å². The highest BCUT2D eigenvalue weighted by Gasteiger charge is 2.23. The molecule has 1 aromatic rings. The molecular formula is C15H17N3O6. The molecule has 0 aliphatic carbocycles. The standard InChI is InChI=1S/C15H17N3O6/c1-15(2,3)24-14(21)17-12(13(19)20)6-4-5-10-7-8-11(9-16-10)18(22)23/h7-9,12H,6H2,1-3H3,(H,17,21)(H,19,20)/t12-/m0/s1. The van der Waals surface area contributed by atoms with Crippen LogP contribution in [0.3, 0.4) is 0 Å². The number of amides is 1. The van der Waals surface area contributed by atoms with Crippen LogP contribution in [0.1, 0.15) is 32.9 Å². The van der Waals surface area contributed by atoms with Gasteiger partial charge in [0.25, 0.3) is 5.69 Å². The Kier molecular flexibility index (Phi) is 6.23. The summed E-state index contributed by atoms with van der Waals surface area (Å²) in [5.74, 6) is 3.89. The molecule has 0 saturated carbocycles. The van der Waals surface area contributed by atoms with Crippen LogP contribution in [-0.2, 0) is 9.53 Å². The highest BCUT2D eigenvalue weighted by molar-refractivity contribution is 5.80. The molecular weight excluding hydrogens is 318 g/mol. The van der Waals surface area contributed by atoms with Crippen molar-refractivity contribution < 1.29 is 24.4 Å². The average Bonchev–Trinajstić information content (AvgIpc) is 2.44. The van der Waals surface area contributed by atoms with Gasteiger partial charge in [-0.2, -0.15) is 0 Å². The first-order valence-electron chi connectivity index (χ1n) is 6.90. The molecule has 1 amide bonds. The summed E-state index contributed by atoms with van der Waals surface area (Å²) in [4.78, 5) is 36.4. The molecule has 1 heterocycles. The SMILES string of the molecule is CC(C)(C)OC(=O)N[C@@H](CC#Cc1ccc([N+](=O)[O-])cn1)C(=O)O. The van der Waals surface area contributed by atoms with Gasteiger partial charge in [0.2, 0.25) is 0 Å². The molecule has 2 N–H and O–H groups in total. The van der Waals surface area contributed by atoms with E-state index in [-0.39, 0.29) is 17.8 Å². The molecule has 24 heavy (non-hydrogen) atoms. The van der Waals surface area contributed by atoms with E-state index in [0.29, 0.717) is 0 Å². The summed E-state index contributed by atoms with van der Waals surface area (Å²) in [5.41, 5.74) is -0.667. The summed E-state index contributed by atoms with van der Waals surface area (Å²) < 4.78 is 4.98. The van der Waals surface area contributed by atoms with Crippen LogP contribution in [0.5, 0.6) is 0 Å². The van der Waals surface area contributed by atoms with Crippen LogP contribution in [-0.4, -0.2) is 38.7 Å². The lowest BCUT2D eigenvalue weighted by molar-refractivity contribution is -0.385. The van der Waals surface area contributed by atoms with Gasteiger partial charge in [0.05, 0.1) is 4.92 Å². The number of hydrogen-bond acceptors (Lipinski definition) is 6. The van der Waals surface area contributed by atoms with Gasteiger partial charge >= 0.3 is 12.1 Å². The zero-order valence-corrected chi connectivity index (χ0v) is 13.4. The normalized spacial score (nSPS) is 11.6.